The van der Waals surface area contributed by atoms with Gasteiger partial charge in [-0.15, -0.1) is 0 Å². The summed E-state index contributed by atoms with van der Waals surface area (Å²) in [7, 11) is -4.49. The lowest BCUT2D eigenvalue weighted by atomic mass is 10.1. The standard InChI is InChI=1S/C14H30O5S/c1-3-4-5-6-7-8-9-10-11-12-13-14(2)18-19-20(15,16)17/h14H,3-13H2,1-2H3,(H,15,16,17). The van der Waals surface area contributed by atoms with Gasteiger partial charge in [0.15, 0.2) is 0 Å². The summed E-state index contributed by atoms with van der Waals surface area (Å²) in [5.41, 5.74) is 0. The molecule has 0 rings (SSSR count). The molecular formula is C14H30O5S. The minimum atomic E-state index is -4.49. The first-order valence-corrected chi connectivity index (χ1v) is 9.14. The summed E-state index contributed by atoms with van der Waals surface area (Å²) in [6.45, 7) is 3.95. The monoisotopic (exact) mass is 310 g/mol. The van der Waals surface area contributed by atoms with E-state index < -0.39 is 10.4 Å². The van der Waals surface area contributed by atoms with Crippen molar-refractivity contribution >= 4 is 10.4 Å². The van der Waals surface area contributed by atoms with Crippen molar-refractivity contribution in [3.8, 4) is 0 Å². The van der Waals surface area contributed by atoms with E-state index in [1.54, 1.807) is 6.92 Å². The normalized spacial score (nSPS) is 13.6. The van der Waals surface area contributed by atoms with Crippen molar-refractivity contribution in [3.05, 3.63) is 0 Å². The smallest absolute Gasteiger partial charge is 0.262 e. The van der Waals surface area contributed by atoms with Gasteiger partial charge in [-0.25, -0.2) is 4.89 Å². The van der Waals surface area contributed by atoms with Crippen molar-refractivity contribution in [2.75, 3.05) is 0 Å². The second kappa shape index (κ2) is 12.6. The van der Waals surface area contributed by atoms with Crippen LogP contribution in [0, 0.1) is 0 Å². The molecule has 122 valence electrons. The van der Waals surface area contributed by atoms with Gasteiger partial charge in [-0.2, -0.15) is 8.42 Å². The third kappa shape index (κ3) is 15.9. The lowest BCUT2D eigenvalue weighted by Gasteiger charge is -2.09. The van der Waals surface area contributed by atoms with E-state index in [9.17, 15) is 8.42 Å². The molecule has 20 heavy (non-hydrogen) atoms. The highest BCUT2D eigenvalue weighted by atomic mass is 32.3. The Balaban J connectivity index is 3.23. The van der Waals surface area contributed by atoms with Crippen LogP contribution in [0.25, 0.3) is 0 Å². The van der Waals surface area contributed by atoms with Crippen LogP contribution >= 0.6 is 0 Å². The molecule has 0 aliphatic carbocycles. The fourth-order valence-electron chi connectivity index (χ4n) is 2.08. The van der Waals surface area contributed by atoms with E-state index in [4.69, 9.17) is 4.55 Å². The van der Waals surface area contributed by atoms with E-state index in [0.29, 0.717) is 0 Å². The van der Waals surface area contributed by atoms with Crippen LogP contribution in [-0.4, -0.2) is 19.1 Å². The maximum absolute atomic E-state index is 10.3. The average molecular weight is 310 g/mol. The van der Waals surface area contributed by atoms with Crippen molar-refractivity contribution < 1.29 is 22.2 Å². The zero-order valence-corrected chi connectivity index (χ0v) is 13.7. The molecule has 0 saturated carbocycles. The highest BCUT2D eigenvalue weighted by molar-refractivity contribution is 7.80. The molecule has 1 atom stereocenters. The Morgan fingerprint density at radius 2 is 1.35 bits per heavy atom. The van der Waals surface area contributed by atoms with Gasteiger partial charge in [-0.05, 0) is 13.3 Å². The topological polar surface area (TPSA) is 72.8 Å². The summed E-state index contributed by atoms with van der Waals surface area (Å²) >= 11 is 0. The van der Waals surface area contributed by atoms with Crippen LogP contribution in [0.4, 0.5) is 0 Å². The molecule has 0 fully saturated rings. The first-order valence-electron chi connectivity index (χ1n) is 7.78. The molecule has 0 amide bonds. The minimum absolute atomic E-state index is 0.328. The van der Waals surface area contributed by atoms with Crippen molar-refractivity contribution in [1.82, 2.24) is 0 Å². The van der Waals surface area contributed by atoms with Gasteiger partial charge in [-0.1, -0.05) is 75.5 Å². The lowest BCUT2D eigenvalue weighted by molar-refractivity contribution is -0.242. The summed E-state index contributed by atoms with van der Waals surface area (Å²) < 4.78 is 32.8. The SMILES string of the molecule is CCCCCCCCCCCCC(C)OOS(=O)(=O)O. The number of rotatable bonds is 14. The van der Waals surface area contributed by atoms with Crippen LogP contribution in [0.15, 0.2) is 0 Å². The molecule has 0 radical (unpaired) electrons. The zero-order valence-electron chi connectivity index (χ0n) is 12.8. The summed E-state index contributed by atoms with van der Waals surface area (Å²) in [6, 6.07) is 0. The molecule has 0 aliphatic heterocycles. The molecule has 1 N–H and O–H groups in total. The molecule has 1 unspecified atom stereocenters. The minimum Gasteiger partial charge on any atom is -0.262 e. The van der Waals surface area contributed by atoms with Gasteiger partial charge in [0.25, 0.3) is 0 Å². The molecular weight excluding hydrogens is 280 g/mol. The van der Waals surface area contributed by atoms with Crippen molar-refractivity contribution in [1.29, 1.82) is 0 Å². The van der Waals surface area contributed by atoms with Gasteiger partial charge in [0.2, 0.25) is 0 Å². The highest BCUT2D eigenvalue weighted by Gasteiger charge is 2.10. The van der Waals surface area contributed by atoms with Crippen molar-refractivity contribution in [3.63, 3.8) is 0 Å². The summed E-state index contributed by atoms with van der Waals surface area (Å²) in [4.78, 5) is 4.55. The van der Waals surface area contributed by atoms with E-state index in [1.807, 2.05) is 0 Å². The summed E-state index contributed by atoms with van der Waals surface area (Å²) in [5.74, 6) is 0. The fourth-order valence-corrected chi connectivity index (χ4v) is 2.32. The second-order valence-corrected chi connectivity index (χ2v) is 6.36. The van der Waals surface area contributed by atoms with E-state index in [1.165, 1.54) is 51.4 Å². The Kier molecular flexibility index (Phi) is 12.5. The quantitative estimate of drug-likeness (QED) is 0.222. The first-order chi connectivity index (χ1) is 9.45. The molecule has 0 aromatic heterocycles. The van der Waals surface area contributed by atoms with Gasteiger partial charge < -0.3 is 0 Å². The Hall–Kier alpha value is -0.170. The molecule has 0 saturated heterocycles. The predicted molar refractivity (Wildman–Crippen MR) is 79.6 cm³/mol. The van der Waals surface area contributed by atoms with E-state index >= 15 is 0 Å². The second-order valence-electron chi connectivity index (χ2n) is 5.37. The van der Waals surface area contributed by atoms with Gasteiger partial charge >= 0.3 is 10.4 Å². The van der Waals surface area contributed by atoms with E-state index in [2.05, 4.69) is 16.1 Å². The lowest BCUT2D eigenvalue weighted by Crippen LogP contribution is -2.13. The number of hydrogen-bond acceptors (Lipinski definition) is 4. The van der Waals surface area contributed by atoms with E-state index in [-0.39, 0.29) is 6.10 Å². The Morgan fingerprint density at radius 3 is 1.80 bits per heavy atom. The molecule has 0 heterocycles. The van der Waals surface area contributed by atoms with Gasteiger partial charge in [0.1, 0.15) is 0 Å². The Bertz CT molecular complexity index is 303. The highest BCUT2D eigenvalue weighted by Crippen LogP contribution is 2.13. The Morgan fingerprint density at radius 1 is 0.900 bits per heavy atom. The molecule has 5 nitrogen and oxygen atoms in total. The average Bonchev–Trinajstić information content (AvgIpc) is 2.38. The summed E-state index contributed by atoms with van der Waals surface area (Å²) in [5, 5.41) is 0. The fraction of sp³-hybridized carbons (Fsp3) is 1.00. The molecule has 0 aromatic rings. The summed E-state index contributed by atoms with van der Waals surface area (Å²) in [6.07, 6.45) is 13.0. The van der Waals surface area contributed by atoms with Gasteiger partial charge in [0.05, 0.1) is 6.10 Å². The van der Waals surface area contributed by atoms with Crippen LogP contribution in [0.1, 0.15) is 84.5 Å². The molecule has 0 aromatic carbocycles. The first kappa shape index (κ1) is 19.8. The molecule has 0 bridgehead atoms. The van der Waals surface area contributed by atoms with Crippen LogP contribution in [-0.2, 0) is 19.6 Å². The van der Waals surface area contributed by atoms with Gasteiger partial charge in [-0.3, -0.25) is 4.55 Å². The maximum atomic E-state index is 10.3. The molecule has 0 aliphatic rings. The van der Waals surface area contributed by atoms with Gasteiger partial charge in [0, 0.05) is 0 Å². The Labute approximate surface area is 123 Å². The third-order valence-corrected chi connectivity index (χ3v) is 3.50. The maximum Gasteiger partial charge on any atom is 0.424 e. The predicted octanol–water partition coefficient (Wildman–Crippen LogP) is 4.44. The third-order valence-electron chi connectivity index (χ3n) is 3.25. The van der Waals surface area contributed by atoms with Crippen molar-refractivity contribution in [2.24, 2.45) is 0 Å². The van der Waals surface area contributed by atoms with Crippen molar-refractivity contribution in [2.45, 2.75) is 90.6 Å². The molecule has 6 heteroatoms. The number of unbranched alkanes of at least 4 members (excludes halogenated alkanes) is 9. The zero-order chi connectivity index (χ0) is 15.3. The van der Waals surface area contributed by atoms with E-state index in [0.717, 1.165) is 19.3 Å². The largest absolute Gasteiger partial charge is 0.424 e. The van der Waals surface area contributed by atoms with Crippen LogP contribution in [0.2, 0.25) is 0 Å². The molecule has 0 spiro atoms. The van der Waals surface area contributed by atoms with Crippen LogP contribution in [0.3, 0.4) is 0 Å². The number of hydrogen-bond donors (Lipinski definition) is 1. The van der Waals surface area contributed by atoms with Crippen LogP contribution in [0.5, 0.6) is 0 Å². The van der Waals surface area contributed by atoms with Crippen LogP contribution < -0.4 is 0 Å².